The van der Waals surface area contributed by atoms with E-state index in [0.717, 1.165) is 43.5 Å². The van der Waals surface area contributed by atoms with Crippen LogP contribution in [0.5, 0.6) is 0 Å². The van der Waals surface area contributed by atoms with Gasteiger partial charge in [0.2, 0.25) is 0 Å². The lowest BCUT2D eigenvalue weighted by Gasteiger charge is -2.38. The second-order valence-corrected chi connectivity index (χ2v) is 7.35. The Bertz CT molecular complexity index is 717. The molecule has 138 valence electrons. The van der Waals surface area contributed by atoms with Crippen LogP contribution in [0.25, 0.3) is 0 Å². The van der Waals surface area contributed by atoms with Crippen LogP contribution in [0.15, 0.2) is 48.8 Å². The molecule has 2 saturated heterocycles. The van der Waals surface area contributed by atoms with Crippen molar-refractivity contribution < 1.29 is 13.9 Å². The van der Waals surface area contributed by atoms with Gasteiger partial charge >= 0.3 is 0 Å². The lowest BCUT2D eigenvalue weighted by molar-refractivity contribution is -0.0469. The van der Waals surface area contributed by atoms with Crippen molar-refractivity contribution in [3.8, 4) is 0 Å². The van der Waals surface area contributed by atoms with E-state index in [-0.39, 0.29) is 17.5 Å². The Morgan fingerprint density at radius 1 is 1.15 bits per heavy atom. The molecular formula is C21H25FN2O2. The van der Waals surface area contributed by atoms with Gasteiger partial charge in [0.1, 0.15) is 5.82 Å². The first-order chi connectivity index (χ1) is 12.7. The molecule has 1 aromatic carbocycles. The monoisotopic (exact) mass is 356 g/mol. The molecule has 1 aromatic heterocycles. The summed E-state index contributed by atoms with van der Waals surface area (Å²) in [5, 5.41) is 0. The van der Waals surface area contributed by atoms with Crippen LogP contribution < -0.4 is 0 Å². The van der Waals surface area contributed by atoms with Gasteiger partial charge in [-0.2, -0.15) is 0 Å². The van der Waals surface area contributed by atoms with E-state index in [1.165, 1.54) is 6.07 Å². The van der Waals surface area contributed by atoms with Crippen LogP contribution >= 0.6 is 0 Å². The topological polar surface area (TPSA) is 34.6 Å². The van der Waals surface area contributed by atoms with Crippen molar-refractivity contribution in [2.75, 3.05) is 19.7 Å². The number of nitrogens with zero attached hydrogens (tertiary/aromatic N) is 2. The van der Waals surface area contributed by atoms with Crippen LogP contribution in [-0.4, -0.2) is 41.3 Å². The molecule has 0 bridgehead atoms. The van der Waals surface area contributed by atoms with E-state index >= 15 is 0 Å². The van der Waals surface area contributed by atoms with Gasteiger partial charge in [0.25, 0.3) is 0 Å². The van der Waals surface area contributed by atoms with Gasteiger partial charge in [0.15, 0.2) is 0 Å². The fourth-order valence-corrected chi connectivity index (χ4v) is 3.94. The molecule has 26 heavy (non-hydrogen) atoms. The minimum atomic E-state index is -0.116. The highest BCUT2D eigenvalue weighted by Crippen LogP contribution is 2.37. The van der Waals surface area contributed by atoms with Gasteiger partial charge in [-0.05, 0) is 36.6 Å². The van der Waals surface area contributed by atoms with Crippen LogP contribution in [-0.2, 0) is 22.6 Å². The van der Waals surface area contributed by atoms with Crippen LogP contribution in [0.3, 0.4) is 0 Å². The second kappa shape index (κ2) is 7.82. The summed E-state index contributed by atoms with van der Waals surface area (Å²) >= 11 is 0. The van der Waals surface area contributed by atoms with Crippen LogP contribution in [0.4, 0.5) is 4.39 Å². The molecule has 0 radical (unpaired) electrons. The van der Waals surface area contributed by atoms with Crippen molar-refractivity contribution in [3.05, 3.63) is 65.7 Å². The number of hydrogen-bond donors (Lipinski definition) is 0. The molecule has 0 aliphatic carbocycles. The number of piperidine rings is 1. The molecule has 2 aliphatic heterocycles. The summed E-state index contributed by atoms with van der Waals surface area (Å²) in [4.78, 5) is 6.35. The first-order valence-corrected chi connectivity index (χ1v) is 9.33. The quantitative estimate of drug-likeness (QED) is 0.820. The van der Waals surface area contributed by atoms with E-state index < -0.39 is 0 Å². The Hall–Kier alpha value is -1.82. The number of rotatable bonds is 5. The average Bonchev–Trinajstić information content (AvgIpc) is 3.08. The molecule has 5 heteroatoms. The summed E-state index contributed by atoms with van der Waals surface area (Å²) in [6, 6.07) is 11.0. The van der Waals surface area contributed by atoms with Gasteiger partial charge in [0.05, 0.1) is 24.9 Å². The minimum absolute atomic E-state index is 0.0609. The maximum absolute atomic E-state index is 13.8. The largest absolute Gasteiger partial charge is 0.372 e. The van der Waals surface area contributed by atoms with Gasteiger partial charge in [0, 0.05) is 44.0 Å². The van der Waals surface area contributed by atoms with Gasteiger partial charge in [-0.1, -0.05) is 18.2 Å². The number of pyridine rings is 1. The standard InChI is InChI=1S/C21H25FN2O2/c22-20-4-2-1-3-18(20)14-24-11-7-21(8-12-24)13-19(16-26-21)25-15-17-5-9-23-10-6-17/h1-6,9-10,19H,7-8,11-16H2. The van der Waals surface area contributed by atoms with E-state index in [9.17, 15) is 4.39 Å². The summed E-state index contributed by atoms with van der Waals surface area (Å²) in [5.74, 6) is -0.116. The van der Waals surface area contributed by atoms with E-state index in [1.807, 2.05) is 24.3 Å². The summed E-state index contributed by atoms with van der Waals surface area (Å²) in [7, 11) is 0. The smallest absolute Gasteiger partial charge is 0.127 e. The first-order valence-electron chi connectivity index (χ1n) is 9.33. The van der Waals surface area contributed by atoms with E-state index in [2.05, 4.69) is 9.88 Å². The Kier molecular flexibility index (Phi) is 5.29. The fraction of sp³-hybridized carbons (Fsp3) is 0.476. The van der Waals surface area contributed by atoms with Gasteiger partial charge in [-0.15, -0.1) is 0 Å². The van der Waals surface area contributed by atoms with Crippen LogP contribution in [0.2, 0.25) is 0 Å². The van der Waals surface area contributed by atoms with Crippen LogP contribution in [0, 0.1) is 5.82 Å². The first kappa shape index (κ1) is 17.6. The third kappa shape index (κ3) is 4.11. The molecule has 0 saturated carbocycles. The third-order valence-electron chi connectivity index (χ3n) is 5.53. The van der Waals surface area contributed by atoms with E-state index in [4.69, 9.17) is 9.47 Å². The molecule has 2 aliphatic rings. The highest BCUT2D eigenvalue weighted by Gasteiger charge is 2.43. The Balaban J connectivity index is 1.26. The Labute approximate surface area is 153 Å². The highest BCUT2D eigenvalue weighted by molar-refractivity contribution is 5.17. The lowest BCUT2D eigenvalue weighted by Crippen LogP contribution is -2.44. The van der Waals surface area contributed by atoms with Crippen LogP contribution in [0.1, 0.15) is 30.4 Å². The summed E-state index contributed by atoms with van der Waals surface area (Å²) in [5.41, 5.74) is 1.85. The van der Waals surface area contributed by atoms with Gasteiger partial charge in [-0.25, -0.2) is 4.39 Å². The van der Waals surface area contributed by atoms with Gasteiger partial charge < -0.3 is 9.47 Å². The number of ether oxygens (including phenoxy) is 2. The number of benzene rings is 1. The number of halogens is 1. The zero-order valence-electron chi connectivity index (χ0n) is 14.9. The Morgan fingerprint density at radius 3 is 2.69 bits per heavy atom. The third-order valence-corrected chi connectivity index (χ3v) is 5.53. The lowest BCUT2D eigenvalue weighted by atomic mass is 9.88. The van der Waals surface area contributed by atoms with Crippen molar-refractivity contribution in [1.29, 1.82) is 0 Å². The predicted octanol–water partition coefficient (Wildman–Crippen LogP) is 3.56. The van der Waals surface area contributed by atoms with E-state index in [0.29, 0.717) is 19.8 Å². The normalized spacial score (nSPS) is 22.7. The number of aromatic nitrogens is 1. The van der Waals surface area contributed by atoms with Crippen molar-refractivity contribution in [2.45, 2.75) is 44.1 Å². The summed E-state index contributed by atoms with van der Waals surface area (Å²) in [6.07, 6.45) is 6.65. The zero-order valence-corrected chi connectivity index (χ0v) is 14.9. The molecule has 1 atom stereocenters. The molecule has 0 N–H and O–H groups in total. The highest BCUT2D eigenvalue weighted by atomic mass is 19.1. The summed E-state index contributed by atoms with van der Waals surface area (Å²) < 4.78 is 26.0. The Morgan fingerprint density at radius 2 is 1.92 bits per heavy atom. The molecule has 2 fully saturated rings. The molecular weight excluding hydrogens is 331 g/mol. The van der Waals surface area contributed by atoms with Crippen molar-refractivity contribution in [2.24, 2.45) is 0 Å². The molecule has 4 rings (SSSR count). The fourth-order valence-electron chi connectivity index (χ4n) is 3.94. The maximum atomic E-state index is 13.8. The molecule has 1 spiro atoms. The predicted molar refractivity (Wildman–Crippen MR) is 97.0 cm³/mol. The summed E-state index contributed by atoms with van der Waals surface area (Å²) in [6.45, 7) is 3.81. The van der Waals surface area contributed by atoms with Crippen molar-refractivity contribution >= 4 is 0 Å². The van der Waals surface area contributed by atoms with E-state index in [1.54, 1.807) is 18.5 Å². The molecule has 4 nitrogen and oxygen atoms in total. The molecule has 3 heterocycles. The SMILES string of the molecule is Fc1ccccc1CN1CCC2(CC1)CC(OCc1ccncc1)CO2. The minimum Gasteiger partial charge on any atom is -0.372 e. The number of hydrogen-bond acceptors (Lipinski definition) is 4. The molecule has 2 aromatic rings. The average molecular weight is 356 g/mol. The number of likely N-dealkylation sites (tertiary alicyclic amines) is 1. The molecule has 1 unspecified atom stereocenters. The van der Waals surface area contributed by atoms with Gasteiger partial charge in [-0.3, -0.25) is 9.88 Å². The zero-order chi connectivity index (χ0) is 17.8. The maximum Gasteiger partial charge on any atom is 0.127 e. The molecule has 0 amide bonds. The second-order valence-electron chi connectivity index (χ2n) is 7.35. The van der Waals surface area contributed by atoms with Crippen molar-refractivity contribution in [1.82, 2.24) is 9.88 Å². The van der Waals surface area contributed by atoms with Crippen molar-refractivity contribution in [3.63, 3.8) is 0 Å².